The molecular formula is C32H47N3O3. The first-order valence-electron chi connectivity index (χ1n) is 14.4. The number of carbonyl (C=O) groups excluding carboxylic acids is 2. The summed E-state index contributed by atoms with van der Waals surface area (Å²) in [5, 5.41) is 6.25. The van der Waals surface area contributed by atoms with Crippen molar-refractivity contribution < 1.29 is 14.3 Å². The zero-order valence-electron chi connectivity index (χ0n) is 24.5. The number of aromatic nitrogens is 1. The Kier molecular flexibility index (Phi) is 8.41. The van der Waals surface area contributed by atoms with Crippen molar-refractivity contribution in [3.05, 3.63) is 46.6 Å². The number of carbonyl (C=O) groups is 2. The van der Waals surface area contributed by atoms with Crippen molar-refractivity contribution in [3.63, 3.8) is 0 Å². The van der Waals surface area contributed by atoms with Crippen molar-refractivity contribution in [3.8, 4) is 11.3 Å². The predicted molar refractivity (Wildman–Crippen MR) is 154 cm³/mol. The van der Waals surface area contributed by atoms with Gasteiger partial charge in [-0.1, -0.05) is 66.9 Å². The van der Waals surface area contributed by atoms with Gasteiger partial charge in [-0.05, 0) is 65.8 Å². The Bertz CT molecular complexity index is 1160. The average molecular weight is 522 g/mol. The fraction of sp³-hybridized carbons (Fsp3) is 0.625. The molecule has 6 heteroatoms. The fourth-order valence-corrected chi connectivity index (χ4v) is 5.52. The molecule has 38 heavy (non-hydrogen) atoms. The molecule has 1 aliphatic carbocycles. The number of hydrogen-bond acceptors (Lipinski definition) is 3. The van der Waals surface area contributed by atoms with E-state index in [1.54, 1.807) is 0 Å². The van der Waals surface area contributed by atoms with Crippen LogP contribution in [0.1, 0.15) is 106 Å². The van der Waals surface area contributed by atoms with E-state index >= 15 is 0 Å². The van der Waals surface area contributed by atoms with Crippen LogP contribution in [0.4, 0.5) is 0 Å². The van der Waals surface area contributed by atoms with Gasteiger partial charge in [0.15, 0.2) is 0 Å². The number of ether oxygens (including phenoxy) is 1. The molecule has 4 rings (SSSR count). The third kappa shape index (κ3) is 6.69. The number of nitrogens with one attached hydrogen (secondary N) is 2. The first-order valence-corrected chi connectivity index (χ1v) is 14.4. The van der Waals surface area contributed by atoms with Crippen LogP contribution in [0.2, 0.25) is 0 Å². The molecule has 2 aliphatic rings. The maximum atomic E-state index is 13.2. The maximum Gasteiger partial charge on any atom is 0.253 e. The monoisotopic (exact) mass is 521 g/mol. The Morgan fingerprint density at radius 1 is 0.947 bits per heavy atom. The smallest absolute Gasteiger partial charge is 0.253 e. The van der Waals surface area contributed by atoms with Gasteiger partial charge >= 0.3 is 0 Å². The number of amides is 2. The molecule has 1 saturated carbocycles. The summed E-state index contributed by atoms with van der Waals surface area (Å²) in [6.45, 7) is 17.6. The van der Waals surface area contributed by atoms with E-state index in [4.69, 9.17) is 4.74 Å². The molecule has 1 aromatic heterocycles. The van der Waals surface area contributed by atoms with Gasteiger partial charge in [0.1, 0.15) is 0 Å². The summed E-state index contributed by atoms with van der Waals surface area (Å²) >= 11 is 0. The molecule has 0 radical (unpaired) electrons. The highest BCUT2D eigenvalue weighted by atomic mass is 16.5. The van der Waals surface area contributed by atoms with E-state index in [-0.39, 0.29) is 28.7 Å². The summed E-state index contributed by atoms with van der Waals surface area (Å²) in [4.78, 5) is 26.5. The molecule has 2 amide bonds. The Balaban J connectivity index is 1.73. The Morgan fingerprint density at radius 2 is 1.63 bits per heavy atom. The Labute approximate surface area is 228 Å². The lowest BCUT2D eigenvalue weighted by Crippen LogP contribution is -2.48. The third-order valence-electron chi connectivity index (χ3n) is 7.90. The molecule has 0 spiro atoms. The van der Waals surface area contributed by atoms with Gasteiger partial charge in [-0.25, -0.2) is 0 Å². The highest BCUT2D eigenvalue weighted by Crippen LogP contribution is 2.35. The van der Waals surface area contributed by atoms with E-state index < -0.39 is 0 Å². The van der Waals surface area contributed by atoms with Crippen LogP contribution in [0.5, 0.6) is 0 Å². The van der Waals surface area contributed by atoms with E-state index in [1.165, 1.54) is 32.1 Å². The van der Waals surface area contributed by atoms with E-state index in [0.717, 1.165) is 40.2 Å². The summed E-state index contributed by atoms with van der Waals surface area (Å²) in [6, 6.07) is 8.32. The van der Waals surface area contributed by atoms with Crippen LogP contribution in [-0.4, -0.2) is 42.2 Å². The second-order valence-electron chi connectivity index (χ2n) is 13.6. The number of rotatable bonds is 7. The van der Waals surface area contributed by atoms with E-state index in [9.17, 15) is 9.59 Å². The van der Waals surface area contributed by atoms with Crippen LogP contribution in [0.25, 0.3) is 11.3 Å². The zero-order valence-corrected chi connectivity index (χ0v) is 24.5. The van der Waals surface area contributed by atoms with Crippen molar-refractivity contribution in [2.45, 2.75) is 98.6 Å². The van der Waals surface area contributed by atoms with E-state index in [2.05, 4.69) is 75.8 Å². The highest BCUT2D eigenvalue weighted by molar-refractivity contribution is 5.98. The highest BCUT2D eigenvalue weighted by Gasteiger charge is 2.28. The molecule has 1 aliphatic heterocycles. The van der Waals surface area contributed by atoms with Gasteiger partial charge < -0.3 is 19.9 Å². The van der Waals surface area contributed by atoms with Gasteiger partial charge in [-0.3, -0.25) is 9.59 Å². The minimum atomic E-state index is -0.218. The maximum absolute atomic E-state index is 13.2. The van der Waals surface area contributed by atoms with Crippen molar-refractivity contribution in [2.75, 3.05) is 19.8 Å². The molecule has 2 heterocycles. The SMILES string of the molecule is Cc1c(C(=O)NC2COC2)cc(-c2ccc(C(=O)NCC(C)(C)C)c(C(C)(C)C)c2)n1CC1CCCCC1. The van der Waals surface area contributed by atoms with Crippen molar-refractivity contribution >= 4 is 11.8 Å². The largest absolute Gasteiger partial charge is 0.377 e. The standard InChI is InChI=1S/C32H47N3O3/c1-21-26(30(37)34-24-18-38-19-24)16-28(35(21)17-22-11-9-8-10-12-22)23-13-14-25(27(15-23)32(5,6)7)29(36)33-20-31(2,3)4/h13-16,22,24H,8-12,17-20H2,1-7H3,(H,33,36)(H,34,37). The van der Waals surface area contributed by atoms with Crippen molar-refractivity contribution in [1.82, 2.24) is 15.2 Å². The second kappa shape index (κ2) is 11.3. The molecule has 6 nitrogen and oxygen atoms in total. The minimum Gasteiger partial charge on any atom is -0.377 e. The van der Waals surface area contributed by atoms with Crippen molar-refractivity contribution in [1.29, 1.82) is 0 Å². The number of nitrogens with zero attached hydrogens (tertiary/aromatic N) is 1. The fourth-order valence-electron chi connectivity index (χ4n) is 5.52. The minimum absolute atomic E-state index is 0.0115. The van der Waals surface area contributed by atoms with Gasteiger partial charge in [0.2, 0.25) is 0 Å². The van der Waals surface area contributed by atoms with Gasteiger partial charge in [-0.2, -0.15) is 0 Å². The van der Waals surface area contributed by atoms with Crippen LogP contribution >= 0.6 is 0 Å². The Morgan fingerprint density at radius 3 is 2.21 bits per heavy atom. The molecule has 2 N–H and O–H groups in total. The molecule has 1 saturated heterocycles. The van der Waals surface area contributed by atoms with E-state index in [1.807, 2.05) is 12.1 Å². The number of hydrogen-bond donors (Lipinski definition) is 2. The van der Waals surface area contributed by atoms with Crippen LogP contribution in [0.3, 0.4) is 0 Å². The van der Waals surface area contributed by atoms with Crippen LogP contribution in [-0.2, 0) is 16.7 Å². The molecule has 208 valence electrons. The Hall–Kier alpha value is -2.60. The summed E-state index contributed by atoms with van der Waals surface area (Å²) in [7, 11) is 0. The molecule has 2 aromatic rings. The summed E-state index contributed by atoms with van der Waals surface area (Å²) in [5.41, 5.74) is 5.36. The van der Waals surface area contributed by atoms with Gasteiger partial charge in [0, 0.05) is 30.0 Å². The molecule has 1 aromatic carbocycles. The molecular weight excluding hydrogens is 474 g/mol. The summed E-state index contributed by atoms with van der Waals surface area (Å²) in [5.74, 6) is 0.552. The lowest BCUT2D eigenvalue weighted by molar-refractivity contribution is -0.00347. The van der Waals surface area contributed by atoms with Crippen LogP contribution in [0.15, 0.2) is 24.3 Å². The summed E-state index contributed by atoms with van der Waals surface area (Å²) in [6.07, 6.45) is 6.35. The van der Waals surface area contributed by atoms with Crippen LogP contribution in [0, 0.1) is 18.3 Å². The predicted octanol–water partition coefficient (Wildman–Crippen LogP) is 6.25. The molecule has 0 atom stereocenters. The van der Waals surface area contributed by atoms with Gasteiger partial charge in [-0.15, -0.1) is 0 Å². The van der Waals surface area contributed by atoms with Gasteiger partial charge in [0.25, 0.3) is 11.8 Å². The third-order valence-corrected chi connectivity index (χ3v) is 7.90. The average Bonchev–Trinajstić information content (AvgIpc) is 3.15. The summed E-state index contributed by atoms with van der Waals surface area (Å²) < 4.78 is 7.61. The normalized spacial score (nSPS) is 17.2. The lowest BCUT2D eigenvalue weighted by atomic mass is 9.82. The van der Waals surface area contributed by atoms with Gasteiger partial charge in [0.05, 0.1) is 24.8 Å². The molecule has 0 unspecified atom stereocenters. The lowest BCUT2D eigenvalue weighted by Gasteiger charge is -2.27. The molecule has 0 bridgehead atoms. The van der Waals surface area contributed by atoms with E-state index in [0.29, 0.717) is 25.7 Å². The second-order valence-corrected chi connectivity index (χ2v) is 13.6. The first kappa shape index (κ1) is 28.4. The molecule has 2 fully saturated rings. The van der Waals surface area contributed by atoms with Crippen LogP contribution < -0.4 is 10.6 Å². The quantitative estimate of drug-likeness (QED) is 0.453. The van der Waals surface area contributed by atoms with Crippen molar-refractivity contribution in [2.24, 2.45) is 11.3 Å². The zero-order chi connectivity index (χ0) is 27.7. The first-order chi connectivity index (χ1) is 17.8. The number of benzene rings is 1. The topological polar surface area (TPSA) is 72.4 Å².